The highest BCUT2D eigenvalue weighted by Gasteiger charge is 2.07. The molecule has 0 unspecified atom stereocenters. The predicted octanol–water partition coefficient (Wildman–Crippen LogP) is 4.33. The summed E-state index contributed by atoms with van der Waals surface area (Å²) in [5, 5.41) is 6.13. The Morgan fingerprint density at radius 2 is 1.70 bits per heavy atom. The highest BCUT2D eigenvalue weighted by molar-refractivity contribution is 6.32. The van der Waals surface area contributed by atoms with Crippen LogP contribution in [0.15, 0.2) is 36.4 Å². The summed E-state index contributed by atoms with van der Waals surface area (Å²) in [5.41, 5.74) is 2.91. The standard InChI is InChI=1S/C20H23ClN2O4/c1-4-26-19(24)15-5-7-16(8-6-15)23-20(25)22-9-10-27-17-11-13(2)18(21)14(3)12-17/h5-8,11-12H,4,9-10H2,1-3H3,(H2,22,23,25). The molecule has 2 N–H and O–H groups in total. The van der Waals surface area contributed by atoms with E-state index in [-0.39, 0.29) is 6.03 Å². The van der Waals surface area contributed by atoms with Gasteiger partial charge in [0.25, 0.3) is 0 Å². The topological polar surface area (TPSA) is 76.7 Å². The average molecular weight is 391 g/mol. The molecule has 0 aromatic heterocycles. The third-order valence-corrected chi connectivity index (χ3v) is 4.32. The van der Waals surface area contributed by atoms with Crippen molar-refractivity contribution < 1.29 is 19.1 Å². The molecule has 0 radical (unpaired) electrons. The van der Waals surface area contributed by atoms with Crippen molar-refractivity contribution in [3.8, 4) is 5.75 Å². The maximum absolute atomic E-state index is 11.9. The van der Waals surface area contributed by atoms with Crippen molar-refractivity contribution in [2.75, 3.05) is 25.1 Å². The van der Waals surface area contributed by atoms with E-state index in [0.717, 1.165) is 16.1 Å². The van der Waals surface area contributed by atoms with Gasteiger partial charge in [0, 0.05) is 10.7 Å². The number of rotatable bonds is 7. The predicted molar refractivity (Wildman–Crippen MR) is 106 cm³/mol. The maximum Gasteiger partial charge on any atom is 0.338 e. The van der Waals surface area contributed by atoms with Gasteiger partial charge in [0.2, 0.25) is 0 Å². The van der Waals surface area contributed by atoms with Crippen LogP contribution in [0.3, 0.4) is 0 Å². The van der Waals surface area contributed by atoms with Gasteiger partial charge in [0.1, 0.15) is 12.4 Å². The fourth-order valence-electron chi connectivity index (χ4n) is 2.40. The maximum atomic E-state index is 11.9. The lowest BCUT2D eigenvalue weighted by molar-refractivity contribution is 0.0526. The molecule has 0 bridgehead atoms. The summed E-state index contributed by atoms with van der Waals surface area (Å²) < 4.78 is 10.5. The molecule has 0 spiro atoms. The number of carbonyl (C=O) groups is 2. The Hall–Kier alpha value is -2.73. The summed E-state index contributed by atoms with van der Waals surface area (Å²) in [4.78, 5) is 23.5. The van der Waals surface area contributed by atoms with Crippen molar-refractivity contribution in [2.24, 2.45) is 0 Å². The number of carbonyl (C=O) groups excluding carboxylic acids is 2. The van der Waals surface area contributed by atoms with Gasteiger partial charge in [-0.25, -0.2) is 9.59 Å². The largest absolute Gasteiger partial charge is 0.492 e. The SMILES string of the molecule is CCOC(=O)c1ccc(NC(=O)NCCOc2cc(C)c(Cl)c(C)c2)cc1. The Morgan fingerprint density at radius 3 is 2.30 bits per heavy atom. The van der Waals surface area contributed by atoms with E-state index in [9.17, 15) is 9.59 Å². The van der Waals surface area contributed by atoms with Crippen molar-refractivity contribution in [1.29, 1.82) is 0 Å². The molecule has 0 aliphatic rings. The van der Waals surface area contributed by atoms with E-state index in [1.807, 2.05) is 26.0 Å². The van der Waals surface area contributed by atoms with Gasteiger partial charge in [-0.2, -0.15) is 0 Å². The third kappa shape index (κ3) is 6.18. The lowest BCUT2D eigenvalue weighted by Gasteiger charge is -2.11. The fraction of sp³-hybridized carbons (Fsp3) is 0.300. The molecule has 0 heterocycles. The molecule has 0 aliphatic heterocycles. The van der Waals surface area contributed by atoms with Crippen LogP contribution in [0, 0.1) is 13.8 Å². The van der Waals surface area contributed by atoms with Crippen molar-refractivity contribution in [1.82, 2.24) is 5.32 Å². The molecule has 2 aromatic rings. The summed E-state index contributed by atoms with van der Waals surface area (Å²) in [6, 6.07) is 9.85. The zero-order valence-electron chi connectivity index (χ0n) is 15.6. The molecule has 144 valence electrons. The van der Waals surface area contributed by atoms with Crippen LogP contribution >= 0.6 is 11.6 Å². The number of hydrogen-bond acceptors (Lipinski definition) is 4. The van der Waals surface area contributed by atoms with Crippen molar-refractivity contribution in [2.45, 2.75) is 20.8 Å². The molecule has 0 fully saturated rings. The average Bonchev–Trinajstić information content (AvgIpc) is 2.64. The summed E-state index contributed by atoms with van der Waals surface area (Å²) in [5.74, 6) is 0.324. The van der Waals surface area contributed by atoms with Crippen LogP contribution in [-0.4, -0.2) is 31.8 Å². The molecule has 7 heteroatoms. The summed E-state index contributed by atoms with van der Waals surface area (Å²) in [7, 11) is 0. The number of amides is 2. The number of benzene rings is 2. The van der Waals surface area contributed by atoms with E-state index < -0.39 is 5.97 Å². The molecule has 27 heavy (non-hydrogen) atoms. The first-order valence-corrected chi connectivity index (χ1v) is 9.00. The van der Waals surface area contributed by atoms with Gasteiger partial charge in [-0.3, -0.25) is 0 Å². The van der Waals surface area contributed by atoms with Gasteiger partial charge in [-0.15, -0.1) is 0 Å². The number of aryl methyl sites for hydroxylation is 2. The van der Waals surface area contributed by atoms with Gasteiger partial charge in [0.15, 0.2) is 0 Å². The smallest absolute Gasteiger partial charge is 0.338 e. The lowest BCUT2D eigenvalue weighted by Crippen LogP contribution is -2.32. The summed E-state index contributed by atoms with van der Waals surface area (Å²) in [6.07, 6.45) is 0. The Morgan fingerprint density at radius 1 is 1.07 bits per heavy atom. The molecule has 2 aromatic carbocycles. The number of hydrogen-bond donors (Lipinski definition) is 2. The Bertz CT molecular complexity index is 783. The molecule has 0 atom stereocenters. The summed E-state index contributed by atoms with van der Waals surface area (Å²) >= 11 is 6.13. The first-order valence-electron chi connectivity index (χ1n) is 8.62. The lowest BCUT2D eigenvalue weighted by atomic mass is 10.1. The Balaban J connectivity index is 1.75. The second kappa shape index (κ2) is 9.83. The number of esters is 1. The Labute approximate surface area is 163 Å². The summed E-state index contributed by atoms with van der Waals surface area (Å²) in [6.45, 7) is 6.57. The minimum atomic E-state index is -0.390. The van der Waals surface area contributed by atoms with Crippen molar-refractivity contribution >= 4 is 29.3 Å². The second-order valence-corrected chi connectivity index (χ2v) is 6.28. The van der Waals surface area contributed by atoms with Gasteiger partial charge >= 0.3 is 12.0 Å². The van der Waals surface area contributed by atoms with Gasteiger partial charge in [-0.1, -0.05) is 11.6 Å². The van der Waals surface area contributed by atoms with Crippen LogP contribution in [0.5, 0.6) is 5.75 Å². The van der Waals surface area contributed by atoms with Crippen LogP contribution < -0.4 is 15.4 Å². The molecule has 2 rings (SSSR count). The monoisotopic (exact) mass is 390 g/mol. The van der Waals surface area contributed by atoms with E-state index in [4.69, 9.17) is 21.1 Å². The molecule has 0 aliphatic carbocycles. The van der Waals surface area contributed by atoms with Gasteiger partial charge in [0.05, 0.1) is 18.7 Å². The van der Waals surface area contributed by atoms with Crippen LogP contribution in [0.1, 0.15) is 28.4 Å². The van der Waals surface area contributed by atoms with Crippen molar-refractivity contribution in [3.05, 3.63) is 58.1 Å². The van der Waals surface area contributed by atoms with Gasteiger partial charge < -0.3 is 20.1 Å². The number of anilines is 1. The number of ether oxygens (including phenoxy) is 2. The minimum absolute atomic E-state index is 0.318. The highest BCUT2D eigenvalue weighted by atomic mass is 35.5. The zero-order chi connectivity index (χ0) is 19.8. The molecule has 6 nitrogen and oxygen atoms in total. The number of halogens is 1. The van der Waals surface area contributed by atoms with Crippen LogP contribution in [0.2, 0.25) is 5.02 Å². The van der Waals surface area contributed by atoms with E-state index in [1.165, 1.54) is 0 Å². The molecular formula is C20H23ClN2O4. The third-order valence-electron chi connectivity index (χ3n) is 3.72. The fourth-order valence-corrected chi connectivity index (χ4v) is 2.51. The van der Waals surface area contributed by atoms with E-state index in [2.05, 4.69) is 10.6 Å². The second-order valence-electron chi connectivity index (χ2n) is 5.90. The quantitative estimate of drug-likeness (QED) is 0.544. The molecule has 0 saturated carbocycles. The van der Waals surface area contributed by atoms with Gasteiger partial charge in [-0.05, 0) is 68.3 Å². The number of urea groups is 1. The molecule has 2 amide bonds. The van der Waals surface area contributed by atoms with Crippen LogP contribution in [0.4, 0.5) is 10.5 Å². The zero-order valence-corrected chi connectivity index (χ0v) is 16.4. The normalized spacial score (nSPS) is 10.2. The van der Waals surface area contributed by atoms with E-state index >= 15 is 0 Å². The first kappa shape index (κ1) is 20.6. The molecular weight excluding hydrogens is 368 g/mol. The van der Waals surface area contributed by atoms with Crippen LogP contribution in [0.25, 0.3) is 0 Å². The van der Waals surface area contributed by atoms with Crippen molar-refractivity contribution in [3.63, 3.8) is 0 Å². The minimum Gasteiger partial charge on any atom is -0.492 e. The van der Waals surface area contributed by atoms with Crippen LogP contribution in [-0.2, 0) is 4.74 Å². The first-order chi connectivity index (χ1) is 12.9. The van der Waals surface area contributed by atoms with E-state index in [1.54, 1.807) is 31.2 Å². The van der Waals surface area contributed by atoms with E-state index in [0.29, 0.717) is 36.8 Å². The number of nitrogens with one attached hydrogen (secondary N) is 2. The molecule has 0 saturated heterocycles. The highest BCUT2D eigenvalue weighted by Crippen LogP contribution is 2.25. The Kier molecular flexibility index (Phi) is 7.49.